The van der Waals surface area contributed by atoms with Crippen molar-refractivity contribution >= 4 is 33.4 Å². The van der Waals surface area contributed by atoms with Crippen molar-refractivity contribution in [1.82, 2.24) is 14.5 Å². The number of benzene rings is 2. The summed E-state index contributed by atoms with van der Waals surface area (Å²) in [5, 5.41) is 3.52. The Labute approximate surface area is 213 Å². The van der Waals surface area contributed by atoms with Gasteiger partial charge in [0.2, 0.25) is 21.8 Å². The number of likely N-dealkylation sites (N-methyl/N-ethyl adjacent to an activating group) is 1. The Hall–Kier alpha value is -2.42. The van der Waals surface area contributed by atoms with E-state index in [1.165, 1.54) is 36.2 Å². The van der Waals surface area contributed by atoms with E-state index in [9.17, 15) is 18.0 Å². The van der Waals surface area contributed by atoms with E-state index in [1.54, 1.807) is 0 Å². The normalized spacial score (nSPS) is 15.2. The molecule has 190 valence electrons. The molecule has 7 nitrogen and oxygen atoms in total. The van der Waals surface area contributed by atoms with Gasteiger partial charge in [-0.1, -0.05) is 61.2 Å². The Bertz CT molecular complexity index is 1130. The molecule has 0 aliphatic heterocycles. The number of carbonyl (C=O) groups excluding carboxylic acids is 2. The Morgan fingerprint density at radius 1 is 1.11 bits per heavy atom. The number of rotatable bonds is 10. The predicted octanol–water partition coefficient (Wildman–Crippen LogP) is 4.14. The van der Waals surface area contributed by atoms with Gasteiger partial charge < -0.3 is 10.2 Å². The Morgan fingerprint density at radius 3 is 2.37 bits per heavy atom. The first-order valence-corrected chi connectivity index (χ1v) is 13.8. The minimum absolute atomic E-state index is 0.0495. The summed E-state index contributed by atoms with van der Waals surface area (Å²) in [6.07, 6.45) is 4.47. The molecule has 9 heteroatoms. The highest BCUT2D eigenvalue weighted by molar-refractivity contribution is 7.89. The van der Waals surface area contributed by atoms with Crippen LogP contribution in [-0.4, -0.2) is 55.1 Å². The van der Waals surface area contributed by atoms with Crippen molar-refractivity contribution in [2.24, 2.45) is 0 Å². The van der Waals surface area contributed by atoms with Gasteiger partial charge in [0.05, 0.1) is 11.4 Å². The highest BCUT2D eigenvalue weighted by atomic mass is 35.5. The van der Waals surface area contributed by atoms with Crippen LogP contribution in [0.15, 0.2) is 53.4 Å². The maximum absolute atomic E-state index is 13.5. The zero-order valence-electron chi connectivity index (χ0n) is 20.5. The molecule has 0 spiro atoms. The van der Waals surface area contributed by atoms with E-state index in [-0.39, 0.29) is 29.9 Å². The van der Waals surface area contributed by atoms with Gasteiger partial charge in [0.1, 0.15) is 6.04 Å². The van der Waals surface area contributed by atoms with E-state index in [0.29, 0.717) is 11.4 Å². The van der Waals surface area contributed by atoms with Crippen LogP contribution in [0, 0.1) is 6.92 Å². The molecule has 1 saturated carbocycles. The third kappa shape index (κ3) is 7.06. The first-order valence-electron chi connectivity index (χ1n) is 12.0. The predicted molar refractivity (Wildman–Crippen MR) is 137 cm³/mol. The summed E-state index contributed by atoms with van der Waals surface area (Å²) in [7, 11) is -2.54. The maximum Gasteiger partial charge on any atom is 0.243 e. The number of hydrogen-bond acceptors (Lipinski definition) is 4. The second-order valence-corrected chi connectivity index (χ2v) is 11.6. The van der Waals surface area contributed by atoms with Gasteiger partial charge in [0.25, 0.3) is 0 Å². The molecule has 0 saturated heterocycles. The summed E-state index contributed by atoms with van der Waals surface area (Å²) in [6.45, 7) is 3.66. The summed E-state index contributed by atoms with van der Waals surface area (Å²) in [4.78, 5) is 28.3. The lowest BCUT2D eigenvalue weighted by Crippen LogP contribution is -2.53. The number of aryl methyl sites for hydroxylation is 1. The van der Waals surface area contributed by atoms with Crippen LogP contribution in [0.4, 0.5) is 0 Å². The van der Waals surface area contributed by atoms with E-state index >= 15 is 0 Å². The van der Waals surface area contributed by atoms with Crippen LogP contribution in [0.5, 0.6) is 0 Å². The van der Waals surface area contributed by atoms with Gasteiger partial charge in [0, 0.05) is 24.7 Å². The van der Waals surface area contributed by atoms with Crippen LogP contribution in [0.2, 0.25) is 5.02 Å². The van der Waals surface area contributed by atoms with E-state index in [2.05, 4.69) is 5.32 Å². The number of carbonyl (C=O) groups is 2. The SMILES string of the molecule is CC[C@@H](C(=O)NC1CCCC1)N(Cc1cccc(C)c1)C(=O)CN(C)S(=O)(=O)c1ccc(Cl)cc1. The molecule has 1 atom stereocenters. The number of halogens is 1. The molecule has 3 rings (SSSR count). The van der Waals surface area contributed by atoms with E-state index in [4.69, 9.17) is 11.6 Å². The second-order valence-electron chi connectivity index (χ2n) is 9.14. The zero-order valence-corrected chi connectivity index (χ0v) is 22.1. The van der Waals surface area contributed by atoms with Crippen LogP contribution in [0.1, 0.15) is 50.2 Å². The first-order chi connectivity index (χ1) is 16.6. The van der Waals surface area contributed by atoms with Gasteiger partial charge in [-0.3, -0.25) is 9.59 Å². The highest BCUT2D eigenvalue weighted by Gasteiger charge is 2.33. The lowest BCUT2D eigenvalue weighted by molar-refractivity contribution is -0.141. The van der Waals surface area contributed by atoms with Crippen LogP contribution in [0.3, 0.4) is 0 Å². The van der Waals surface area contributed by atoms with Gasteiger partial charge in [-0.25, -0.2) is 8.42 Å². The number of nitrogens with zero attached hydrogens (tertiary/aromatic N) is 2. The fraction of sp³-hybridized carbons (Fsp3) is 0.462. The fourth-order valence-electron chi connectivity index (χ4n) is 4.45. The molecule has 35 heavy (non-hydrogen) atoms. The van der Waals surface area contributed by atoms with Crippen molar-refractivity contribution in [3.05, 3.63) is 64.7 Å². The smallest absolute Gasteiger partial charge is 0.243 e. The van der Waals surface area contributed by atoms with Gasteiger partial charge in [-0.2, -0.15) is 4.31 Å². The van der Waals surface area contributed by atoms with Crippen molar-refractivity contribution in [3.63, 3.8) is 0 Å². The Morgan fingerprint density at radius 2 is 1.77 bits per heavy atom. The molecule has 0 unspecified atom stereocenters. The van der Waals surface area contributed by atoms with Crippen LogP contribution in [0.25, 0.3) is 0 Å². The third-order valence-electron chi connectivity index (χ3n) is 6.40. The number of nitrogens with one attached hydrogen (secondary N) is 1. The third-order valence-corrected chi connectivity index (χ3v) is 8.47. The minimum Gasteiger partial charge on any atom is -0.352 e. The maximum atomic E-state index is 13.5. The van der Waals surface area contributed by atoms with Gasteiger partial charge in [-0.15, -0.1) is 0 Å². The molecule has 0 bridgehead atoms. The lowest BCUT2D eigenvalue weighted by Gasteiger charge is -2.32. The highest BCUT2D eigenvalue weighted by Crippen LogP contribution is 2.21. The van der Waals surface area contributed by atoms with Crippen LogP contribution < -0.4 is 5.32 Å². The van der Waals surface area contributed by atoms with Crippen molar-refractivity contribution in [3.8, 4) is 0 Å². The molecule has 0 heterocycles. The fourth-order valence-corrected chi connectivity index (χ4v) is 5.69. The van der Waals surface area contributed by atoms with Crippen molar-refractivity contribution < 1.29 is 18.0 Å². The average molecular weight is 520 g/mol. The van der Waals surface area contributed by atoms with E-state index < -0.39 is 22.0 Å². The molecule has 2 aromatic carbocycles. The van der Waals surface area contributed by atoms with Gasteiger partial charge in [-0.05, 0) is 56.0 Å². The largest absolute Gasteiger partial charge is 0.352 e. The minimum atomic E-state index is -3.91. The number of amides is 2. The standard InChI is InChI=1S/C26H34ClN3O4S/c1-4-24(26(32)28-22-10-5-6-11-22)30(17-20-9-7-8-19(2)16-20)25(31)18-29(3)35(33,34)23-14-12-21(27)13-15-23/h7-9,12-16,22,24H,4-6,10-11,17-18H2,1-3H3,(H,28,32)/t24-/m0/s1. The molecule has 2 aromatic rings. The Balaban J connectivity index is 1.84. The summed E-state index contributed by atoms with van der Waals surface area (Å²) >= 11 is 5.89. The summed E-state index contributed by atoms with van der Waals surface area (Å²) in [6, 6.07) is 13.0. The summed E-state index contributed by atoms with van der Waals surface area (Å²) in [5.41, 5.74) is 1.93. The summed E-state index contributed by atoms with van der Waals surface area (Å²) < 4.78 is 27.1. The molecule has 1 aliphatic carbocycles. The molecular weight excluding hydrogens is 486 g/mol. The topological polar surface area (TPSA) is 86.8 Å². The number of hydrogen-bond donors (Lipinski definition) is 1. The second kappa shape index (κ2) is 12.0. The van der Waals surface area contributed by atoms with Crippen LogP contribution >= 0.6 is 11.6 Å². The lowest BCUT2D eigenvalue weighted by atomic mass is 10.1. The molecule has 1 aliphatic rings. The zero-order chi connectivity index (χ0) is 25.6. The van der Waals surface area contributed by atoms with Crippen molar-refractivity contribution in [1.29, 1.82) is 0 Å². The molecule has 2 amide bonds. The van der Waals surface area contributed by atoms with Gasteiger partial charge >= 0.3 is 0 Å². The van der Waals surface area contributed by atoms with E-state index in [0.717, 1.165) is 41.1 Å². The molecular formula is C26H34ClN3O4S. The molecule has 0 aromatic heterocycles. The quantitative estimate of drug-likeness (QED) is 0.511. The van der Waals surface area contributed by atoms with E-state index in [1.807, 2.05) is 38.1 Å². The Kier molecular flexibility index (Phi) is 9.33. The number of sulfonamides is 1. The van der Waals surface area contributed by atoms with Crippen molar-refractivity contribution in [2.75, 3.05) is 13.6 Å². The average Bonchev–Trinajstić information content (AvgIpc) is 3.32. The molecule has 1 N–H and O–H groups in total. The summed E-state index contributed by atoms with van der Waals surface area (Å²) in [5.74, 6) is -0.622. The van der Waals surface area contributed by atoms with Gasteiger partial charge in [0.15, 0.2) is 0 Å². The monoisotopic (exact) mass is 519 g/mol. The van der Waals surface area contributed by atoms with Crippen molar-refractivity contribution in [2.45, 2.75) is 69.5 Å². The van der Waals surface area contributed by atoms with Crippen LogP contribution in [-0.2, 0) is 26.2 Å². The first kappa shape index (κ1) is 27.2. The molecule has 1 fully saturated rings. The molecule has 0 radical (unpaired) electrons.